The average Bonchev–Trinajstić information content (AvgIpc) is 3.39. The van der Waals surface area contributed by atoms with Gasteiger partial charge in [-0.15, -0.1) is 0 Å². The maximum absolute atomic E-state index is 6.38. The van der Waals surface area contributed by atoms with E-state index in [-0.39, 0.29) is 6.04 Å². The van der Waals surface area contributed by atoms with Crippen molar-refractivity contribution in [1.82, 2.24) is 5.01 Å². The van der Waals surface area contributed by atoms with Crippen LogP contribution in [-0.4, -0.2) is 17.3 Å². The van der Waals surface area contributed by atoms with Crippen LogP contribution in [0.4, 0.5) is 0 Å². The second kappa shape index (κ2) is 6.75. The van der Waals surface area contributed by atoms with Gasteiger partial charge in [0.1, 0.15) is 0 Å². The van der Waals surface area contributed by atoms with Crippen molar-refractivity contribution in [3.63, 3.8) is 0 Å². The first-order chi connectivity index (χ1) is 13.7. The molecular weight excluding hydrogens is 352 g/mol. The molecule has 3 heterocycles. The van der Waals surface area contributed by atoms with Crippen LogP contribution in [0.3, 0.4) is 0 Å². The predicted octanol–water partition coefficient (Wildman–Crippen LogP) is 5.23. The maximum Gasteiger partial charge on any atom is 0.246 e. The second-order valence-corrected chi connectivity index (χ2v) is 7.11. The molecule has 0 N–H and O–H groups in total. The van der Waals surface area contributed by atoms with E-state index in [1.54, 1.807) is 6.26 Å². The summed E-state index contributed by atoms with van der Waals surface area (Å²) in [4.78, 5) is 0. The quantitative estimate of drug-likeness (QED) is 0.627. The van der Waals surface area contributed by atoms with Gasteiger partial charge in [-0.1, -0.05) is 42.0 Å². The van der Waals surface area contributed by atoms with Gasteiger partial charge in [-0.05, 0) is 37.6 Å². The third-order valence-electron chi connectivity index (χ3n) is 5.25. The van der Waals surface area contributed by atoms with E-state index in [9.17, 15) is 0 Å². The molecule has 5 rings (SSSR count). The average molecular weight is 374 g/mol. The Morgan fingerprint density at radius 3 is 2.71 bits per heavy atom. The monoisotopic (exact) mass is 374 g/mol. The van der Waals surface area contributed by atoms with Crippen LogP contribution in [-0.2, 0) is 0 Å². The standard InChI is InChI=1S/C23H22N2O3/c1-3-26-20-7-4-6-17-19-14-18(16-11-9-15(2)10-12-16)24-25(19)23(28-22(17)20)21-8-5-13-27-21/h4-13,19,23H,3,14H2,1-2H3/t19-,23-/m1/s1. The first-order valence-corrected chi connectivity index (χ1v) is 9.63. The third-order valence-corrected chi connectivity index (χ3v) is 5.25. The molecule has 0 bridgehead atoms. The van der Waals surface area contributed by atoms with Crippen molar-refractivity contribution < 1.29 is 13.9 Å². The van der Waals surface area contributed by atoms with Crippen LogP contribution < -0.4 is 9.47 Å². The minimum Gasteiger partial charge on any atom is -0.490 e. The number of hydrogen-bond acceptors (Lipinski definition) is 5. The Hall–Kier alpha value is -3.21. The lowest BCUT2D eigenvalue weighted by Crippen LogP contribution is -2.33. The maximum atomic E-state index is 6.38. The number of ether oxygens (including phenoxy) is 2. The van der Waals surface area contributed by atoms with Gasteiger partial charge in [-0.25, -0.2) is 5.01 Å². The number of nitrogens with zero attached hydrogens (tertiary/aromatic N) is 2. The van der Waals surface area contributed by atoms with Gasteiger partial charge in [0.2, 0.25) is 6.23 Å². The summed E-state index contributed by atoms with van der Waals surface area (Å²) < 4.78 is 17.9. The lowest BCUT2D eigenvalue weighted by molar-refractivity contribution is -0.0344. The molecule has 0 spiro atoms. The highest BCUT2D eigenvalue weighted by Gasteiger charge is 2.43. The molecule has 5 nitrogen and oxygen atoms in total. The highest BCUT2D eigenvalue weighted by Crippen LogP contribution is 2.50. The summed E-state index contributed by atoms with van der Waals surface area (Å²) in [6.45, 7) is 4.66. The minimum atomic E-state index is -0.419. The molecule has 0 fully saturated rings. The molecule has 2 atom stereocenters. The molecule has 0 unspecified atom stereocenters. The number of furan rings is 1. The molecule has 0 amide bonds. The normalized spacial score (nSPS) is 20.2. The molecule has 0 saturated carbocycles. The molecule has 142 valence electrons. The fourth-order valence-electron chi connectivity index (χ4n) is 3.89. The SMILES string of the molecule is CCOc1cccc2c1O[C@H](c1ccco1)N1N=C(c3ccc(C)cc3)C[C@H]21. The number of aryl methyl sites for hydroxylation is 1. The van der Waals surface area contributed by atoms with E-state index in [0.717, 1.165) is 40.5 Å². The molecule has 1 aromatic heterocycles. The van der Waals surface area contributed by atoms with Crippen molar-refractivity contribution in [2.24, 2.45) is 5.10 Å². The van der Waals surface area contributed by atoms with E-state index >= 15 is 0 Å². The Balaban J connectivity index is 1.59. The summed E-state index contributed by atoms with van der Waals surface area (Å²) in [5, 5.41) is 6.97. The van der Waals surface area contributed by atoms with Crippen LogP contribution in [0.2, 0.25) is 0 Å². The number of benzene rings is 2. The number of hydrogen-bond donors (Lipinski definition) is 0. The van der Waals surface area contributed by atoms with Crippen LogP contribution in [0.25, 0.3) is 0 Å². The molecular formula is C23H22N2O3. The third kappa shape index (κ3) is 2.74. The lowest BCUT2D eigenvalue weighted by atomic mass is 9.96. The van der Waals surface area contributed by atoms with Gasteiger partial charge in [0.05, 0.1) is 24.6 Å². The Bertz CT molecular complexity index is 1010. The van der Waals surface area contributed by atoms with Gasteiger partial charge < -0.3 is 13.9 Å². The number of rotatable bonds is 4. The summed E-state index contributed by atoms with van der Waals surface area (Å²) in [5.41, 5.74) is 4.53. The van der Waals surface area contributed by atoms with Crippen LogP contribution in [0.1, 0.15) is 48.1 Å². The molecule has 28 heavy (non-hydrogen) atoms. The van der Waals surface area contributed by atoms with Crippen LogP contribution in [0.15, 0.2) is 70.4 Å². The molecule has 3 aromatic rings. The van der Waals surface area contributed by atoms with Gasteiger partial charge >= 0.3 is 0 Å². The fraction of sp³-hybridized carbons (Fsp3) is 0.261. The summed E-state index contributed by atoms with van der Waals surface area (Å²) in [6.07, 6.45) is 2.06. The first kappa shape index (κ1) is 16.9. The van der Waals surface area contributed by atoms with Crippen molar-refractivity contribution >= 4 is 5.71 Å². The van der Waals surface area contributed by atoms with Crippen molar-refractivity contribution in [2.75, 3.05) is 6.61 Å². The van der Waals surface area contributed by atoms with E-state index in [4.69, 9.17) is 19.0 Å². The van der Waals surface area contributed by atoms with Gasteiger partial charge in [0.15, 0.2) is 17.3 Å². The van der Waals surface area contributed by atoms with Crippen molar-refractivity contribution in [1.29, 1.82) is 0 Å². The van der Waals surface area contributed by atoms with Crippen molar-refractivity contribution in [3.05, 3.63) is 83.3 Å². The molecule has 2 aliphatic rings. The highest BCUT2D eigenvalue weighted by molar-refractivity contribution is 6.02. The van der Waals surface area contributed by atoms with E-state index in [0.29, 0.717) is 6.61 Å². The molecule has 2 aromatic carbocycles. The topological polar surface area (TPSA) is 47.2 Å². The largest absolute Gasteiger partial charge is 0.490 e. The van der Waals surface area contributed by atoms with E-state index in [2.05, 4.69) is 37.3 Å². The summed E-state index contributed by atoms with van der Waals surface area (Å²) in [6, 6.07) is 18.5. The van der Waals surface area contributed by atoms with Gasteiger partial charge in [-0.3, -0.25) is 0 Å². The zero-order chi connectivity index (χ0) is 19.1. The molecule has 0 saturated heterocycles. The van der Waals surface area contributed by atoms with E-state index in [1.807, 2.05) is 36.2 Å². The highest BCUT2D eigenvalue weighted by atomic mass is 16.5. The Kier molecular flexibility index (Phi) is 4.08. The Morgan fingerprint density at radius 2 is 1.96 bits per heavy atom. The fourth-order valence-corrected chi connectivity index (χ4v) is 3.89. The van der Waals surface area contributed by atoms with E-state index in [1.165, 1.54) is 5.56 Å². The van der Waals surface area contributed by atoms with Crippen LogP contribution >= 0.6 is 0 Å². The number of fused-ring (bicyclic) bond motifs is 3. The van der Waals surface area contributed by atoms with E-state index < -0.39 is 6.23 Å². The predicted molar refractivity (Wildman–Crippen MR) is 107 cm³/mol. The van der Waals surface area contributed by atoms with Gasteiger partial charge in [0.25, 0.3) is 0 Å². The van der Waals surface area contributed by atoms with Crippen LogP contribution in [0.5, 0.6) is 11.5 Å². The van der Waals surface area contributed by atoms with Crippen LogP contribution in [0, 0.1) is 6.92 Å². The molecule has 0 radical (unpaired) electrons. The summed E-state index contributed by atoms with van der Waals surface area (Å²) >= 11 is 0. The number of para-hydroxylation sites is 1. The van der Waals surface area contributed by atoms with Crippen molar-refractivity contribution in [3.8, 4) is 11.5 Å². The summed E-state index contributed by atoms with van der Waals surface area (Å²) in [5.74, 6) is 2.28. The van der Waals surface area contributed by atoms with Gasteiger partial charge in [-0.2, -0.15) is 5.10 Å². The number of hydrazone groups is 1. The zero-order valence-corrected chi connectivity index (χ0v) is 16.0. The molecule has 5 heteroatoms. The first-order valence-electron chi connectivity index (χ1n) is 9.63. The molecule has 2 aliphatic heterocycles. The summed E-state index contributed by atoms with van der Waals surface area (Å²) in [7, 11) is 0. The Labute approximate surface area is 164 Å². The smallest absolute Gasteiger partial charge is 0.246 e. The zero-order valence-electron chi connectivity index (χ0n) is 16.0. The molecule has 0 aliphatic carbocycles. The van der Waals surface area contributed by atoms with Gasteiger partial charge in [0, 0.05) is 12.0 Å². The lowest BCUT2D eigenvalue weighted by Gasteiger charge is -2.37. The Morgan fingerprint density at radius 1 is 1.11 bits per heavy atom. The minimum absolute atomic E-state index is 0.0792. The van der Waals surface area contributed by atoms with Crippen molar-refractivity contribution in [2.45, 2.75) is 32.5 Å². The second-order valence-electron chi connectivity index (χ2n) is 7.11.